The number of hydrogen-bond donors (Lipinski definition) is 1. The molecule has 58 valence electrons. The van der Waals surface area contributed by atoms with E-state index in [1.807, 2.05) is 6.92 Å². The van der Waals surface area contributed by atoms with Gasteiger partial charge in [0.2, 0.25) is 0 Å². The Hall–Kier alpha value is 0.170. The standard InChI is InChI=1S/C6H10O2S2/c1-2-6(5(7)8)9-3-4-10-6/h2-4H2,1H3,(H,7,8). The van der Waals surface area contributed by atoms with Crippen molar-refractivity contribution < 1.29 is 9.90 Å². The van der Waals surface area contributed by atoms with E-state index in [0.29, 0.717) is 0 Å². The predicted octanol–water partition coefficient (Wildman–Crippen LogP) is 1.66. The van der Waals surface area contributed by atoms with Gasteiger partial charge in [-0.25, -0.2) is 4.79 Å². The summed E-state index contributed by atoms with van der Waals surface area (Å²) in [5, 5.41) is 8.82. The van der Waals surface area contributed by atoms with Crippen molar-refractivity contribution in [2.45, 2.75) is 17.4 Å². The molecule has 0 aromatic rings. The van der Waals surface area contributed by atoms with Crippen LogP contribution in [0.4, 0.5) is 0 Å². The van der Waals surface area contributed by atoms with Crippen LogP contribution in [0.1, 0.15) is 13.3 Å². The molecule has 2 nitrogen and oxygen atoms in total. The SMILES string of the molecule is CCC1(C(=O)O)SCCS1. The van der Waals surface area contributed by atoms with E-state index in [1.54, 1.807) is 23.5 Å². The van der Waals surface area contributed by atoms with Gasteiger partial charge in [0.05, 0.1) is 0 Å². The van der Waals surface area contributed by atoms with Crippen LogP contribution < -0.4 is 0 Å². The highest BCUT2D eigenvalue weighted by Gasteiger charge is 2.41. The van der Waals surface area contributed by atoms with Gasteiger partial charge in [-0.2, -0.15) is 0 Å². The Morgan fingerprint density at radius 3 is 2.30 bits per heavy atom. The summed E-state index contributed by atoms with van der Waals surface area (Å²) in [5.41, 5.74) is 0. The molecule has 0 radical (unpaired) electrons. The van der Waals surface area contributed by atoms with Gasteiger partial charge in [-0.1, -0.05) is 6.92 Å². The molecule has 1 saturated heterocycles. The molecule has 1 fully saturated rings. The van der Waals surface area contributed by atoms with Crippen molar-refractivity contribution in [3.63, 3.8) is 0 Å². The average Bonchev–Trinajstić information content (AvgIpc) is 2.35. The molecule has 1 aliphatic heterocycles. The summed E-state index contributed by atoms with van der Waals surface area (Å²) < 4.78 is -0.514. The van der Waals surface area contributed by atoms with Crippen molar-refractivity contribution in [3.8, 4) is 0 Å². The van der Waals surface area contributed by atoms with Gasteiger partial charge in [-0.15, -0.1) is 23.5 Å². The van der Waals surface area contributed by atoms with Gasteiger partial charge in [0, 0.05) is 11.5 Å². The zero-order valence-electron chi connectivity index (χ0n) is 5.79. The van der Waals surface area contributed by atoms with Crippen molar-refractivity contribution in [1.82, 2.24) is 0 Å². The second-order valence-electron chi connectivity index (χ2n) is 2.11. The van der Waals surface area contributed by atoms with E-state index in [4.69, 9.17) is 5.11 Å². The number of carboxylic acid groups (broad SMARTS) is 1. The highest BCUT2D eigenvalue weighted by atomic mass is 32.2. The van der Waals surface area contributed by atoms with Crippen LogP contribution in [0.5, 0.6) is 0 Å². The third-order valence-corrected chi connectivity index (χ3v) is 5.19. The zero-order chi connectivity index (χ0) is 7.61. The lowest BCUT2D eigenvalue weighted by Crippen LogP contribution is -2.27. The first-order valence-electron chi connectivity index (χ1n) is 3.22. The van der Waals surface area contributed by atoms with Gasteiger partial charge in [0.15, 0.2) is 4.08 Å². The summed E-state index contributed by atoms with van der Waals surface area (Å²) in [4.78, 5) is 10.7. The first kappa shape index (κ1) is 8.27. The van der Waals surface area contributed by atoms with Crippen LogP contribution in [0.25, 0.3) is 0 Å². The molecule has 0 atom stereocenters. The molecule has 4 heteroatoms. The van der Waals surface area contributed by atoms with Gasteiger partial charge in [-0.3, -0.25) is 0 Å². The molecule has 1 rings (SSSR count). The summed E-state index contributed by atoms with van der Waals surface area (Å²) in [6.07, 6.45) is 0.720. The fourth-order valence-corrected chi connectivity index (χ4v) is 3.75. The number of thioether (sulfide) groups is 2. The molecule has 0 aromatic carbocycles. The molecular weight excluding hydrogens is 168 g/mol. The second kappa shape index (κ2) is 3.05. The number of aliphatic carboxylic acids is 1. The lowest BCUT2D eigenvalue weighted by atomic mass is 10.3. The second-order valence-corrected chi connectivity index (χ2v) is 5.15. The Bertz CT molecular complexity index is 141. The summed E-state index contributed by atoms with van der Waals surface area (Å²) in [6, 6.07) is 0. The summed E-state index contributed by atoms with van der Waals surface area (Å²) in [5.74, 6) is 1.29. The molecule has 0 amide bonds. The smallest absolute Gasteiger partial charge is 0.330 e. The van der Waals surface area contributed by atoms with Crippen molar-refractivity contribution >= 4 is 29.5 Å². The quantitative estimate of drug-likeness (QED) is 0.697. The van der Waals surface area contributed by atoms with E-state index in [2.05, 4.69) is 0 Å². The lowest BCUT2D eigenvalue weighted by molar-refractivity contribution is -0.137. The molecule has 0 saturated carbocycles. The van der Waals surface area contributed by atoms with Gasteiger partial charge in [0.1, 0.15) is 0 Å². The van der Waals surface area contributed by atoms with Gasteiger partial charge in [-0.05, 0) is 6.42 Å². The van der Waals surface area contributed by atoms with Crippen LogP contribution >= 0.6 is 23.5 Å². The minimum absolute atomic E-state index is 0.514. The monoisotopic (exact) mass is 178 g/mol. The van der Waals surface area contributed by atoms with Crippen LogP contribution in [0.15, 0.2) is 0 Å². The van der Waals surface area contributed by atoms with E-state index >= 15 is 0 Å². The highest BCUT2D eigenvalue weighted by Crippen LogP contribution is 2.46. The van der Waals surface area contributed by atoms with E-state index in [0.717, 1.165) is 17.9 Å². The van der Waals surface area contributed by atoms with Crippen LogP contribution in [-0.2, 0) is 4.79 Å². The number of hydrogen-bond acceptors (Lipinski definition) is 3. The first-order chi connectivity index (χ1) is 4.71. The van der Waals surface area contributed by atoms with Gasteiger partial charge < -0.3 is 5.11 Å². The molecule has 0 spiro atoms. The van der Waals surface area contributed by atoms with Crippen molar-refractivity contribution in [2.24, 2.45) is 0 Å². The maximum Gasteiger partial charge on any atom is 0.330 e. The third kappa shape index (κ3) is 1.27. The van der Waals surface area contributed by atoms with Crippen molar-refractivity contribution in [2.75, 3.05) is 11.5 Å². The Labute approximate surface area is 68.8 Å². The van der Waals surface area contributed by atoms with Crippen LogP contribution in [0.2, 0.25) is 0 Å². The lowest BCUT2D eigenvalue weighted by Gasteiger charge is -2.18. The van der Waals surface area contributed by atoms with E-state index < -0.39 is 10.0 Å². The number of carboxylic acids is 1. The molecule has 0 bridgehead atoms. The molecule has 1 heterocycles. The van der Waals surface area contributed by atoms with Crippen molar-refractivity contribution in [3.05, 3.63) is 0 Å². The fraction of sp³-hybridized carbons (Fsp3) is 0.833. The summed E-state index contributed by atoms with van der Waals surface area (Å²) in [7, 11) is 0. The van der Waals surface area contributed by atoms with Crippen LogP contribution in [0.3, 0.4) is 0 Å². The van der Waals surface area contributed by atoms with Gasteiger partial charge in [0.25, 0.3) is 0 Å². The minimum Gasteiger partial charge on any atom is -0.480 e. The Morgan fingerprint density at radius 2 is 2.10 bits per heavy atom. The van der Waals surface area contributed by atoms with E-state index in [1.165, 1.54) is 0 Å². The maximum absolute atomic E-state index is 10.7. The Balaban J connectivity index is 2.67. The van der Waals surface area contributed by atoms with E-state index in [9.17, 15) is 4.79 Å². The maximum atomic E-state index is 10.7. The Kier molecular flexibility index (Phi) is 2.52. The third-order valence-electron chi connectivity index (χ3n) is 1.55. The number of carbonyl (C=O) groups is 1. The van der Waals surface area contributed by atoms with Crippen LogP contribution in [-0.4, -0.2) is 26.7 Å². The molecule has 1 aliphatic rings. The minimum atomic E-state index is -0.664. The van der Waals surface area contributed by atoms with E-state index in [-0.39, 0.29) is 0 Å². The van der Waals surface area contributed by atoms with Gasteiger partial charge >= 0.3 is 5.97 Å². The largest absolute Gasteiger partial charge is 0.480 e. The highest BCUT2D eigenvalue weighted by molar-refractivity contribution is 8.22. The number of rotatable bonds is 2. The predicted molar refractivity (Wildman–Crippen MR) is 45.6 cm³/mol. The summed E-state index contributed by atoms with van der Waals surface area (Å²) in [6.45, 7) is 1.93. The molecule has 1 N–H and O–H groups in total. The molecule has 0 unspecified atom stereocenters. The van der Waals surface area contributed by atoms with Crippen LogP contribution in [0, 0.1) is 0 Å². The topological polar surface area (TPSA) is 37.3 Å². The molecule has 0 aromatic heterocycles. The first-order valence-corrected chi connectivity index (χ1v) is 5.20. The Morgan fingerprint density at radius 1 is 1.60 bits per heavy atom. The molecular formula is C6H10O2S2. The zero-order valence-corrected chi connectivity index (χ0v) is 7.43. The van der Waals surface area contributed by atoms with Crippen molar-refractivity contribution in [1.29, 1.82) is 0 Å². The fourth-order valence-electron chi connectivity index (χ4n) is 0.934. The molecule has 0 aliphatic carbocycles. The normalized spacial score (nSPS) is 22.9. The average molecular weight is 178 g/mol. The summed E-state index contributed by atoms with van der Waals surface area (Å²) >= 11 is 3.12. The molecule has 10 heavy (non-hydrogen) atoms.